The van der Waals surface area contributed by atoms with E-state index in [4.69, 9.17) is 5.73 Å². The molecule has 3 aromatic rings. The lowest BCUT2D eigenvalue weighted by Gasteiger charge is -2.07. The van der Waals surface area contributed by atoms with Crippen molar-refractivity contribution in [2.24, 2.45) is 12.8 Å². The van der Waals surface area contributed by atoms with Crippen LogP contribution in [0, 0.1) is 0 Å². The number of anilines is 1. The van der Waals surface area contributed by atoms with Crippen molar-refractivity contribution in [3.05, 3.63) is 52.5 Å². The summed E-state index contributed by atoms with van der Waals surface area (Å²) in [6, 6.07) is 9.99. The number of thiophene rings is 1. The minimum absolute atomic E-state index is 0.170. The van der Waals surface area contributed by atoms with Gasteiger partial charge in [-0.15, -0.1) is 11.3 Å². The van der Waals surface area contributed by atoms with Gasteiger partial charge in [0.05, 0.1) is 23.2 Å². The van der Waals surface area contributed by atoms with Crippen molar-refractivity contribution in [1.29, 1.82) is 0 Å². The van der Waals surface area contributed by atoms with Crippen LogP contribution in [0.15, 0.2) is 41.7 Å². The molecule has 2 amide bonds. The average molecular weight is 413 g/mol. The zero-order valence-corrected chi connectivity index (χ0v) is 17.0. The first kappa shape index (κ1) is 18.8. The Morgan fingerprint density at radius 3 is 2.82 bits per heavy atom. The maximum Gasteiger partial charge on any atom is 0.251 e. The first-order valence-corrected chi connectivity index (χ1v) is 10.8. The molecule has 1 aliphatic carbocycles. The molecule has 1 aromatic carbocycles. The zero-order chi connectivity index (χ0) is 19.7. The number of amides is 2. The lowest BCUT2D eigenvalue weighted by molar-refractivity contribution is -0.113. The van der Waals surface area contributed by atoms with Crippen LogP contribution in [0.5, 0.6) is 0 Å². The van der Waals surface area contributed by atoms with Crippen LogP contribution in [0.2, 0.25) is 0 Å². The summed E-state index contributed by atoms with van der Waals surface area (Å²) < 4.78 is 1.97. The van der Waals surface area contributed by atoms with Crippen LogP contribution in [0.4, 0.5) is 5.00 Å². The molecule has 3 N–H and O–H groups in total. The number of primary amides is 1. The van der Waals surface area contributed by atoms with Crippen LogP contribution in [-0.4, -0.2) is 27.1 Å². The Labute approximate surface area is 171 Å². The molecule has 4 rings (SSSR count). The second-order valence-corrected chi connectivity index (χ2v) is 8.66. The van der Waals surface area contributed by atoms with Gasteiger partial charge < -0.3 is 15.6 Å². The van der Waals surface area contributed by atoms with Crippen molar-refractivity contribution < 1.29 is 9.59 Å². The van der Waals surface area contributed by atoms with Gasteiger partial charge >= 0.3 is 0 Å². The number of hydrogen-bond donors (Lipinski definition) is 2. The molecule has 0 bridgehead atoms. The molecule has 0 radical (unpaired) electrons. The molecule has 2 heterocycles. The maximum absolute atomic E-state index is 12.5. The summed E-state index contributed by atoms with van der Waals surface area (Å²) in [4.78, 5) is 29.9. The largest absolute Gasteiger partial charge is 0.365 e. The SMILES string of the molecule is Cn1c(-c2ccccc2)cnc1SCC(=O)Nc1sc2c(c1C(N)=O)CCC2. The van der Waals surface area contributed by atoms with Crippen LogP contribution in [0.25, 0.3) is 11.3 Å². The Morgan fingerprint density at radius 1 is 1.29 bits per heavy atom. The number of carbonyl (C=O) groups excluding carboxylic acids is 2. The molecule has 0 aliphatic heterocycles. The van der Waals surface area contributed by atoms with Gasteiger partial charge in [-0.25, -0.2) is 4.98 Å². The van der Waals surface area contributed by atoms with Gasteiger partial charge in [-0.1, -0.05) is 42.1 Å². The van der Waals surface area contributed by atoms with Gasteiger partial charge in [0, 0.05) is 11.9 Å². The fraction of sp³-hybridized carbons (Fsp3) is 0.250. The monoisotopic (exact) mass is 412 g/mol. The number of carbonyl (C=O) groups is 2. The lowest BCUT2D eigenvalue weighted by Crippen LogP contribution is -2.19. The highest BCUT2D eigenvalue weighted by atomic mass is 32.2. The van der Waals surface area contributed by atoms with Crippen LogP contribution in [-0.2, 0) is 24.7 Å². The summed E-state index contributed by atoms with van der Waals surface area (Å²) in [5.74, 6) is -0.435. The zero-order valence-electron chi connectivity index (χ0n) is 15.4. The molecule has 0 saturated carbocycles. The minimum Gasteiger partial charge on any atom is -0.365 e. The first-order valence-electron chi connectivity index (χ1n) is 8.98. The number of fused-ring (bicyclic) bond motifs is 1. The highest BCUT2D eigenvalue weighted by Gasteiger charge is 2.26. The van der Waals surface area contributed by atoms with Gasteiger partial charge in [-0.2, -0.15) is 0 Å². The number of rotatable bonds is 6. The van der Waals surface area contributed by atoms with Crippen molar-refractivity contribution in [3.63, 3.8) is 0 Å². The van der Waals surface area contributed by atoms with E-state index in [0.29, 0.717) is 10.6 Å². The molecular formula is C20H20N4O2S2. The van der Waals surface area contributed by atoms with E-state index in [9.17, 15) is 9.59 Å². The number of hydrogen-bond acceptors (Lipinski definition) is 5. The molecular weight excluding hydrogens is 392 g/mol. The molecule has 0 spiro atoms. The third-order valence-corrected chi connectivity index (χ3v) is 7.02. The number of nitrogens with one attached hydrogen (secondary N) is 1. The first-order chi connectivity index (χ1) is 13.5. The number of aryl methyl sites for hydroxylation is 1. The Balaban J connectivity index is 1.44. The summed E-state index contributed by atoms with van der Waals surface area (Å²) in [5.41, 5.74) is 9.12. The third kappa shape index (κ3) is 3.57. The molecule has 28 heavy (non-hydrogen) atoms. The van der Waals surface area contributed by atoms with E-state index >= 15 is 0 Å². The molecule has 1 aliphatic rings. The smallest absolute Gasteiger partial charge is 0.251 e. The van der Waals surface area contributed by atoms with E-state index in [1.54, 1.807) is 0 Å². The predicted octanol–water partition coefficient (Wildman–Crippen LogP) is 3.47. The van der Waals surface area contributed by atoms with Crippen LogP contribution in [0.3, 0.4) is 0 Å². The van der Waals surface area contributed by atoms with Crippen molar-refractivity contribution in [3.8, 4) is 11.3 Å². The van der Waals surface area contributed by atoms with Gasteiger partial charge in [-0.3, -0.25) is 9.59 Å². The van der Waals surface area contributed by atoms with Gasteiger partial charge in [0.15, 0.2) is 5.16 Å². The van der Waals surface area contributed by atoms with Crippen LogP contribution in [0.1, 0.15) is 27.2 Å². The number of nitrogens with zero attached hydrogens (tertiary/aromatic N) is 2. The average Bonchev–Trinajstić information content (AvgIpc) is 3.35. The van der Waals surface area contributed by atoms with Gasteiger partial charge in [-0.05, 0) is 30.4 Å². The van der Waals surface area contributed by atoms with E-state index < -0.39 is 5.91 Å². The molecule has 8 heteroatoms. The van der Waals surface area contributed by atoms with Crippen LogP contribution < -0.4 is 11.1 Å². The topological polar surface area (TPSA) is 90.0 Å². The van der Waals surface area contributed by atoms with E-state index in [1.165, 1.54) is 23.1 Å². The minimum atomic E-state index is -0.473. The van der Waals surface area contributed by atoms with Crippen LogP contribution >= 0.6 is 23.1 Å². The van der Waals surface area contributed by atoms with Crippen molar-refractivity contribution >= 4 is 39.9 Å². The van der Waals surface area contributed by atoms with Gasteiger partial charge in [0.1, 0.15) is 5.00 Å². The number of benzene rings is 1. The Kier molecular flexibility index (Phi) is 5.23. The molecule has 0 unspecified atom stereocenters. The molecule has 0 atom stereocenters. The summed E-state index contributed by atoms with van der Waals surface area (Å²) in [5, 5.41) is 4.21. The number of thioether (sulfide) groups is 1. The molecule has 6 nitrogen and oxygen atoms in total. The fourth-order valence-corrected chi connectivity index (χ4v) is 5.51. The predicted molar refractivity (Wildman–Crippen MR) is 113 cm³/mol. The van der Waals surface area contributed by atoms with Gasteiger partial charge in [0.2, 0.25) is 5.91 Å². The Hall–Kier alpha value is -2.58. The van der Waals surface area contributed by atoms with E-state index in [0.717, 1.165) is 46.1 Å². The Morgan fingerprint density at radius 2 is 2.07 bits per heavy atom. The quantitative estimate of drug-likeness (QED) is 0.607. The summed E-state index contributed by atoms with van der Waals surface area (Å²) in [6.45, 7) is 0. The molecule has 0 saturated heterocycles. The van der Waals surface area contributed by atoms with E-state index in [-0.39, 0.29) is 11.7 Å². The maximum atomic E-state index is 12.5. The summed E-state index contributed by atoms with van der Waals surface area (Å²) >= 11 is 2.83. The van der Waals surface area contributed by atoms with E-state index in [2.05, 4.69) is 10.3 Å². The lowest BCUT2D eigenvalue weighted by atomic mass is 10.1. The number of imidazole rings is 1. The normalized spacial score (nSPS) is 12.8. The highest BCUT2D eigenvalue weighted by molar-refractivity contribution is 7.99. The summed E-state index contributed by atoms with van der Waals surface area (Å²) in [7, 11) is 1.94. The van der Waals surface area contributed by atoms with Crippen molar-refractivity contribution in [2.75, 3.05) is 11.1 Å². The van der Waals surface area contributed by atoms with Crippen molar-refractivity contribution in [1.82, 2.24) is 9.55 Å². The molecule has 2 aromatic heterocycles. The third-order valence-electron chi connectivity index (χ3n) is 4.77. The second-order valence-electron chi connectivity index (χ2n) is 6.61. The molecule has 144 valence electrons. The number of nitrogens with two attached hydrogens (primary N) is 1. The van der Waals surface area contributed by atoms with Gasteiger partial charge in [0.25, 0.3) is 5.91 Å². The second kappa shape index (κ2) is 7.81. The Bertz CT molecular complexity index is 1040. The highest BCUT2D eigenvalue weighted by Crippen LogP contribution is 2.39. The molecule has 0 fully saturated rings. The fourth-order valence-electron chi connectivity index (χ4n) is 3.45. The standard InChI is InChI=1S/C20H20N4O2S2/c1-24-14(12-6-3-2-4-7-12)10-22-20(24)27-11-16(25)23-19-17(18(21)26)13-8-5-9-15(13)28-19/h2-4,6-7,10H,5,8-9,11H2,1H3,(H2,21,26)(H,23,25). The summed E-state index contributed by atoms with van der Waals surface area (Å²) in [6.07, 6.45) is 4.64. The number of aromatic nitrogens is 2. The van der Waals surface area contributed by atoms with Crippen molar-refractivity contribution in [2.45, 2.75) is 24.4 Å². The van der Waals surface area contributed by atoms with E-state index in [1.807, 2.05) is 48.1 Å².